The Balaban J connectivity index is 1.84. The van der Waals surface area contributed by atoms with Crippen LogP contribution in [-0.4, -0.2) is 29.6 Å². The zero-order chi connectivity index (χ0) is 17.8. The van der Waals surface area contributed by atoms with Gasteiger partial charge in [0.05, 0.1) is 17.4 Å². The molecule has 0 bridgehead atoms. The maximum atomic E-state index is 12.6. The molecule has 3 rings (SSSR count). The van der Waals surface area contributed by atoms with Crippen LogP contribution in [0.4, 0.5) is 5.69 Å². The van der Waals surface area contributed by atoms with Gasteiger partial charge in [-0.15, -0.1) is 0 Å². The molecule has 132 valence electrons. The Morgan fingerprint density at radius 1 is 1.20 bits per heavy atom. The Hall–Kier alpha value is -2.40. The van der Waals surface area contributed by atoms with E-state index in [4.69, 9.17) is 0 Å². The molecule has 25 heavy (non-hydrogen) atoms. The van der Waals surface area contributed by atoms with E-state index in [-0.39, 0.29) is 24.3 Å². The maximum absolute atomic E-state index is 12.6. The van der Waals surface area contributed by atoms with E-state index in [1.807, 2.05) is 37.3 Å². The zero-order valence-corrected chi connectivity index (χ0v) is 14.4. The van der Waals surface area contributed by atoms with Crippen LogP contribution in [0.2, 0.25) is 0 Å². The number of fused-ring (bicyclic) bond motifs is 1. The third kappa shape index (κ3) is 4.37. The van der Waals surface area contributed by atoms with Crippen molar-refractivity contribution < 1.29 is 14.7 Å². The summed E-state index contributed by atoms with van der Waals surface area (Å²) in [7, 11) is 0. The van der Waals surface area contributed by atoms with Crippen LogP contribution in [0.3, 0.4) is 0 Å². The molecule has 1 unspecified atom stereocenters. The molecule has 0 aromatic heterocycles. The normalized spacial score (nSPS) is 15.0. The average molecular weight is 340 g/mol. The Morgan fingerprint density at radius 2 is 1.88 bits per heavy atom. The molecule has 2 aromatic rings. The van der Waals surface area contributed by atoms with Crippen molar-refractivity contribution in [1.82, 2.24) is 5.32 Å². The predicted octanol–water partition coefficient (Wildman–Crippen LogP) is 3.08. The summed E-state index contributed by atoms with van der Waals surface area (Å²) in [5.41, 5.74) is 0.953. The molecule has 0 aliphatic heterocycles. The first-order valence-corrected chi connectivity index (χ1v) is 8.88. The van der Waals surface area contributed by atoms with Crippen LogP contribution in [0, 0.1) is 5.92 Å². The number of carbonyl (C=O) groups is 2. The van der Waals surface area contributed by atoms with Gasteiger partial charge in [0, 0.05) is 12.5 Å². The quantitative estimate of drug-likeness (QED) is 0.725. The SMILES string of the molecule is CCCC(O)CNC(=O)c1cc2ccccc2cc1NC(=O)C1CC1. The van der Waals surface area contributed by atoms with Gasteiger partial charge >= 0.3 is 0 Å². The number of hydrogen-bond acceptors (Lipinski definition) is 3. The van der Waals surface area contributed by atoms with Crippen molar-refractivity contribution in [2.45, 2.75) is 38.7 Å². The summed E-state index contributed by atoms with van der Waals surface area (Å²) in [6, 6.07) is 11.4. The summed E-state index contributed by atoms with van der Waals surface area (Å²) < 4.78 is 0. The van der Waals surface area contributed by atoms with Gasteiger partial charge in [-0.2, -0.15) is 0 Å². The number of aliphatic hydroxyl groups excluding tert-OH is 1. The topological polar surface area (TPSA) is 78.4 Å². The minimum Gasteiger partial charge on any atom is -0.391 e. The van der Waals surface area contributed by atoms with Gasteiger partial charge in [-0.3, -0.25) is 9.59 Å². The molecule has 1 aliphatic rings. The fourth-order valence-electron chi connectivity index (χ4n) is 2.85. The minimum absolute atomic E-state index is 0.0321. The number of rotatable bonds is 7. The number of aliphatic hydroxyl groups is 1. The third-order valence-electron chi connectivity index (χ3n) is 4.46. The molecular weight excluding hydrogens is 316 g/mol. The second kappa shape index (κ2) is 7.66. The van der Waals surface area contributed by atoms with Gasteiger partial charge < -0.3 is 15.7 Å². The molecule has 0 saturated heterocycles. The van der Waals surface area contributed by atoms with Gasteiger partial charge in [-0.05, 0) is 42.2 Å². The van der Waals surface area contributed by atoms with E-state index in [1.165, 1.54) is 0 Å². The Labute approximate surface area is 147 Å². The van der Waals surface area contributed by atoms with Gasteiger partial charge in [-0.1, -0.05) is 37.6 Å². The number of anilines is 1. The van der Waals surface area contributed by atoms with Crippen LogP contribution in [0.1, 0.15) is 43.0 Å². The summed E-state index contributed by atoms with van der Waals surface area (Å²) >= 11 is 0. The highest BCUT2D eigenvalue weighted by Crippen LogP contribution is 2.31. The Kier molecular flexibility index (Phi) is 5.34. The molecule has 0 radical (unpaired) electrons. The summed E-state index contributed by atoms with van der Waals surface area (Å²) in [4.78, 5) is 24.8. The first-order valence-electron chi connectivity index (χ1n) is 8.88. The summed E-state index contributed by atoms with van der Waals surface area (Å²) in [6.07, 6.45) is 2.76. The van der Waals surface area contributed by atoms with Crippen LogP contribution < -0.4 is 10.6 Å². The van der Waals surface area contributed by atoms with E-state index in [1.54, 1.807) is 6.07 Å². The van der Waals surface area contributed by atoms with Crippen LogP contribution >= 0.6 is 0 Å². The first kappa shape index (κ1) is 17.4. The predicted molar refractivity (Wildman–Crippen MR) is 98.5 cm³/mol. The monoisotopic (exact) mass is 340 g/mol. The number of amides is 2. The van der Waals surface area contributed by atoms with Crippen molar-refractivity contribution >= 4 is 28.3 Å². The fourth-order valence-corrected chi connectivity index (χ4v) is 2.85. The molecule has 5 nitrogen and oxygen atoms in total. The van der Waals surface area contributed by atoms with Crippen molar-refractivity contribution in [2.75, 3.05) is 11.9 Å². The van der Waals surface area contributed by atoms with Crippen molar-refractivity contribution in [3.05, 3.63) is 42.0 Å². The number of carbonyl (C=O) groups excluding carboxylic acids is 2. The molecular formula is C20H24N2O3. The van der Waals surface area contributed by atoms with Gasteiger partial charge in [0.2, 0.25) is 5.91 Å². The van der Waals surface area contributed by atoms with Crippen molar-refractivity contribution in [3.8, 4) is 0 Å². The Morgan fingerprint density at radius 3 is 2.52 bits per heavy atom. The van der Waals surface area contributed by atoms with Gasteiger partial charge in [0.25, 0.3) is 5.91 Å². The fraction of sp³-hybridized carbons (Fsp3) is 0.400. The van der Waals surface area contributed by atoms with Crippen LogP contribution in [0.25, 0.3) is 10.8 Å². The van der Waals surface area contributed by atoms with E-state index < -0.39 is 6.10 Å². The van der Waals surface area contributed by atoms with Crippen molar-refractivity contribution in [2.24, 2.45) is 5.92 Å². The lowest BCUT2D eigenvalue weighted by Gasteiger charge is -2.15. The van der Waals surface area contributed by atoms with Crippen molar-refractivity contribution in [3.63, 3.8) is 0 Å². The number of nitrogens with one attached hydrogen (secondary N) is 2. The lowest BCUT2D eigenvalue weighted by molar-refractivity contribution is -0.117. The largest absolute Gasteiger partial charge is 0.391 e. The molecule has 3 N–H and O–H groups in total. The second-order valence-corrected chi connectivity index (χ2v) is 6.66. The van der Waals surface area contributed by atoms with Gasteiger partial charge in [0.15, 0.2) is 0 Å². The highest BCUT2D eigenvalue weighted by molar-refractivity contribution is 6.08. The molecule has 0 heterocycles. The second-order valence-electron chi connectivity index (χ2n) is 6.66. The minimum atomic E-state index is -0.557. The lowest BCUT2D eigenvalue weighted by atomic mass is 10.0. The summed E-state index contributed by atoms with van der Waals surface area (Å²) in [5.74, 6) is -0.254. The Bertz CT molecular complexity index is 784. The van der Waals surface area contributed by atoms with Crippen molar-refractivity contribution in [1.29, 1.82) is 0 Å². The van der Waals surface area contributed by atoms with E-state index in [0.29, 0.717) is 17.7 Å². The molecule has 5 heteroatoms. The molecule has 1 aliphatic carbocycles. The molecule has 1 atom stereocenters. The van der Waals surface area contributed by atoms with Crippen LogP contribution in [-0.2, 0) is 4.79 Å². The highest BCUT2D eigenvalue weighted by atomic mass is 16.3. The first-order chi connectivity index (χ1) is 12.1. The molecule has 2 amide bonds. The molecule has 1 saturated carbocycles. The molecule has 2 aromatic carbocycles. The smallest absolute Gasteiger partial charge is 0.253 e. The van der Waals surface area contributed by atoms with Gasteiger partial charge in [0.1, 0.15) is 0 Å². The maximum Gasteiger partial charge on any atom is 0.253 e. The average Bonchev–Trinajstić information content (AvgIpc) is 3.44. The van der Waals surface area contributed by atoms with Crippen LogP contribution in [0.15, 0.2) is 36.4 Å². The number of benzene rings is 2. The lowest BCUT2D eigenvalue weighted by Crippen LogP contribution is -2.32. The summed E-state index contributed by atoms with van der Waals surface area (Å²) in [6.45, 7) is 2.19. The van der Waals surface area contributed by atoms with Gasteiger partial charge in [-0.25, -0.2) is 0 Å². The highest BCUT2D eigenvalue weighted by Gasteiger charge is 2.30. The van der Waals surface area contributed by atoms with E-state index in [0.717, 1.165) is 30.0 Å². The standard InChI is InChI=1S/C20H24N2O3/c1-2-5-16(23)12-21-20(25)17-10-14-6-3-4-7-15(14)11-18(17)22-19(24)13-8-9-13/h3-4,6-7,10-11,13,16,23H,2,5,8-9,12H2,1H3,(H,21,25)(H,22,24). The zero-order valence-electron chi connectivity index (χ0n) is 14.4. The van der Waals surface area contributed by atoms with Crippen LogP contribution in [0.5, 0.6) is 0 Å². The van der Waals surface area contributed by atoms with E-state index >= 15 is 0 Å². The number of hydrogen-bond donors (Lipinski definition) is 3. The van der Waals surface area contributed by atoms with E-state index in [2.05, 4.69) is 10.6 Å². The summed E-state index contributed by atoms with van der Waals surface area (Å²) in [5, 5.41) is 17.4. The third-order valence-corrected chi connectivity index (χ3v) is 4.46. The molecule has 0 spiro atoms. The van der Waals surface area contributed by atoms with E-state index in [9.17, 15) is 14.7 Å². The molecule has 1 fully saturated rings.